The van der Waals surface area contributed by atoms with E-state index in [0.717, 1.165) is 45.2 Å². The van der Waals surface area contributed by atoms with Gasteiger partial charge >= 0.3 is 0 Å². The van der Waals surface area contributed by atoms with E-state index in [2.05, 4.69) is 31.4 Å². The fourth-order valence-electron chi connectivity index (χ4n) is 2.93. The van der Waals surface area contributed by atoms with Crippen LogP contribution < -0.4 is 10.6 Å². The van der Waals surface area contributed by atoms with Crippen molar-refractivity contribution < 1.29 is 4.79 Å². The molecule has 0 radical (unpaired) electrons. The number of piperidine rings is 1. The second kappa shape index (κ2) is 7.78. The molecule has 0 aromatic rings. The lowest BCUT2D eigenvalue weighted by Gasteiger charge is -2.37. The molecule has 1 aliphatic heterocycles. The average molecular weight is 254 g/mol. The van der Waals surface area contributed by atoms with Crippen molar-refractivity contribution in [3.63, 3.8) is 0 Å². The Morgan fingerprint density at radius 2 is 1.94 bits per heavy atom. The molecule has 1 unspecified atom stereocenters. The molecule has 2 N–H and O–H groups in total. The van der Waals surface area contributed by atoms with Crippen LogP contribution in [0.15, 0.2) is 0 Å². The second-order valence-electron chi connectivity index (χ2n) is 5.80. The van der Waals surface area contributed by atoms with E-state index >= 15 is 0 Å². The molecule has 1 aliphatic rings. The number of unbranched alkanes of at least 4 members (excludes halogenated alkanes) is 1. The first-order valence-electron chi connectivity index (χ1n) is 7.66. The van der Waals surface area contributed by atoms with Crippen LogP contribution in [-0.4, -0.2) is 25.0 Å². The van der Waals surface area contributed by atoms with Gasteiger partial charge in [-0.15, -0.1) is 0 Å². The van der Waals surface area contributed by atoms with E-state index in [1.165, 1.54) is 12.8 Å². The molecule has 1 heterocycles. The van der Waals surface area contributed by atoms with Gasteiger partial charge in [0.15, 0.2) is 0 Å². The van der Waals surface area contributed by atoms with Crippen LogP contribution in [0.2, 0.25) is 0 Å². The molecule has 1 fully saturated rings. The van der Waals surface area contributed by atoms with Crippen molar-refractivity contribution in [2.45, 2.75) is 71.8 Å². The standard InChI is InChI=1S/C15H30N2O/c1-4-6-7-13(3)17-14(18)15(8-5-2)9-11-16-12-10-15/h13,16H,4-12H2,1-3H3,(H,17,18). The quantitative estimate of drug-likeness (QED) is 0.733. The van der Waals surface area contributed by atoms with Crippen LogP contribution in [0.25, 0.3) is 0 Å². The second-order valence-corrected chi connectivity index (χ2v) is 5.80. The summed E-state index contributed by atoms with van der Waals surface area (Å²) in [6.07, 6.45) is 7.61. The summed E-state index contributed by atoms with van der Waals surface area (Å²) in [5.41, 5.74) is -0.0968. The van der Waals surface area contributed by atoms with E-state index in [4.69, 9.17) is 0 Å². The van der Waals surface area contributed by atoms with Crippen molar-refractivity contribution >= 4 is 5.91 Å². The first-order valence-corrected chi connectivity index (χ1v) is 7.66. The topological polar surface area (TPSA) is 41.1 Å². The summed E-state index contributed by atoms with van der Waals surface area (Å²) < 4.78 is 0. The Hall–Kier alpha value is -0.570. The van der Waals surface area contributed by atoms with Gasteiger partial charge in [-0.2, -0.15) is 0 Å². The zero-order chi connectivity index (χ0) is 13.4. The van der Waals surface area contributed by atoms with Crippen molar-refractivity contribution in [2.24, 2.45) is 5.41 Å². The molecule has 1 saturated heterocycles. The molecule has 3 heteroatoms. The highest BCUT2D eigenvalue weighted by Crippen LogP contribution is 2.34. The third kappa shape index (κ3) is 4.27. The maximum atomic E-state index is 12.5. The van der Waals surface area contributed by atoms with Crippen LogP contribution >= 0.6 is 0 Å². The van der Waals surface area contributed by atoms with Gasteiger partial charge in [0, 0.05) is 6.04 Å². The molecular weight excluding hydrogens is 224 g/mol. The molecular formula is C15H30N2O. The maximum absolute atomic E-state index is 12.5. The van der Waals surface area contributed by atoms with Crippen LogP contribution in [0.3, 0.4) is 0 Å². The molecule has 1 rings (SSSR count). The minimum atomic E-state index is -0.0968. The maximum Gasteiger partial charge on any atom is 0.226 e. The van der Waals surface area contributed by atoms with Crippen LogP contribution in [0.5, 0.6) is 0 Å². The summed E-state index contributed by atoms with van der Waals surface area (Å²) in [6, 6.07) is 0.320. The normalized spacial score (nSPS) is 20.4. The lowest BCUT2D eigenvalue weighted by atomic mass is 9.74. The smallest absolute Gasteiger partial charge is 0.226 e. The molecule has 0 aliphatic carbocycles. The molecule has 0 aromatic heterocycles. The fraction of sp³-hybridized carbons (Fsp3) is 0.933. The highest BCUT2D eigenvalue weighted by molar-refractivity contribution is 5.83. The van der Waals surface area contributed by atoms with Crippen LogP contribution in [0.1, 0.15) is 65.7 Å². The number of hydrogen-bond acceptors (Lipinski definition) is 2. The van der Waals surface area contributed by atoms with E-state index < -0.39 is 0 Å². The molecule has 0 bridgehead atoms. The van der Waals surface area contributed by atoms with E-state index in [1.54, 1.807) is 0 Å². The van der Waals surface area contributed by atoms with Crippen LogP contribution in [-0.2, 0) is 4.79 Å². The summed E-state index contributed by atoms with van der Waals surface area (Å²) in [7, 11) is 0. The van der Waals surface area contributed by atoms with Gasteiger partial charge in [-0.25, -0.2) is 0 Å². The minimum absolute atomic E-state index is 0.0968. The molecule has 1 amide bonds. The summed E-state index contributed by atoms with van der Waals surface area (Å²) in [5.74, 6) is 0.300. The number of amides is 1. The number of carbonyl (C=O) groups excluding carboxylic acids is 1. The minimum Gasteiger partial charge on any atom is -0.353 e. The van der Waals surface area contributed by atoms with E-state index in [-0.39, 0.29) is 5.41 Å². The zero-order valence-electron chi connectivity index (χ0n) is 12.3. The Labute approximate surface area is 112 Å². The van der Waals surface area contributed by atoms with E-state index in [1.807, 2.05) is 0 Å². The first kappa shape index (κ1) is 15.5. The van der Waals surface area contributed by atoms with Gasteiger partial charge in [0.2, 0.25) is 5.91 Å². The Bertz CT molecular complexity index is 241. The molecule has 106 valence electrons. The number of hydrogen-bond donors (Lipinski definition) is 2. The molecule has 0 spiro atoms. The van der Waals surface area contributed by atoms with Crippen molar-refractivity contribution in [1.82, 2.24) is 10.6 Å². The van der Waals surface area contributed by atoms with Gasteiger partial charge in [0.25, 0.3) is 0 Å². The predicted octanol–water partition coefficient (Wildman–Crippen LogP) is 2.85. The lowest BCUT2D eigenvalue weighted by molar-refractivity contribution is -0.133. The molecule has 1 atom stereocenters. The number of carbonyl (C=O) groups is 1. The third-order valence-corrected chi connectivity index (χ3v) is 4.14. The van der Waals surface area contributed by atoms with Crippen LogP contribution in [0, 0.1) is 5.41 Å². The number of rotatable bonds is 7. The average Bonchev–Trinajstić information content (AvgIpc) is 2.37. The summed E-state index contributed by atoms with van der Waals surface area (Å²) in [5, 5.41) is 6.60. The van der Waals surface area contributed by atoms with Gasteiger partial charge in [0.05, 0.1) is 5.41 Å². The van der Waals surface area contributed by atoms with Crippen LogP contribution in [0.4, 0.5) is 0 Å². The highest BCUT2D eigenvalue weighted by atomic mass is 16.2. The lowest BCUT2D eigenvalue weighted by Crippen LogP contribution is -2.49. The largest absolute Gasteiger partial charge is 0.353 e. The Kier molecular flexibility index (Phi) is 6.69. The molecule has 18 heavy (non-hydrogen) atoms. The summed E-state index contributed by atoms with van der Waals surface area (Å²) in [6.45, 7) is 8.47. The fourth-order valence-corrected chi connectivity index (χ4v) is 2.93. The van der Waals surface area contributed by atoms with Gasteiger partial charge in [-0.05, 0) is 45.7 Å². The molecule has 3 nitrogen and oxygen atoms in total. The Morgan fingerprint density at radius 1 is 1.28 bits per heavy atom. The Balaban J connectivity index is 2.53. The third-order valence-electron chi connectivity index (χ3n) is 4.14. The van der Waals surface area contributed by atoms with Gasteiger partial charge < -0.3 is 10.6 Å². The number of nitrogens with one attached hydrogen (secondary N) is 2. The van der Waals surface area contributed by atoms with E-state index in [9.17, 15) is 4.79 Å². The van der Waals surface area contributed by atoms with Crippen molar-refractivity contribution in [2.75, 3.05) is 13.1 Å². The first-order chi connectivity index (χ1) is 8.64. The SMILES string of the molecule is CCCCC(C)NC(=O)C1(CCC)CCNCC1. The van der Waals surface area contributed by atoms with Gasteiger partial charge in [-0.3, -0.25) is 4.79 Å². The molecule has 0 saturated carbocycles. The summed E-state index contributed by atoms with van der Waals surface area (Å²) >= 11 is 0. The van der Waals surface area contributed by atoms with Crippen molar-refractivity contribution in [1.29, 1.82) is 0 Å². The highest BCUT2D eigenvalue weighted by Gasteiger charge is 2.38. The Morgan fingerprint density at radius 3 is 2.50 bits per heavy atom. The monoisotopic (exact) mass is 254 g/mol. The van der Waals surface area contributed by atoms with E-state index in [0.29, 0.717) is 11.9 Å². The van der Waals surface area contributed by atoms with Gasteiger partial charge in [0.1, 0.15) is 0 Å². The molecule has 0 aromatic carbocycles. The zero-order valence-corrected chi connectivity index (χ0v) is 12.3. The van der Waals surface area contributed by atoms with Gasteiger partial charge in [-0.1, -0.05) is 33.1 Å². The van der Waals surface area contributed by atoms with Crippen molar-refractivity contribution in [3.8, 4) is 0 Å². The predicted molar refractivity (Wildman–Crippen MR) is 76.6 cm³/mol. The summed E-state index contributed by atoms with van der Waals surface area (Å²) in [4.78, 5) is 12.5. The van der Waals surface area contributed by atoms with Crippen molar-refractivity contribution in [3.05, 3.63) is 0 Å².